The Labute approximate surface area is 232 Å². The SMILES string of the molecule is Cc1ccc(COc2ccccc2[C@H]2c3sc(=O)[nH]c3SC3C4CC(C5C(=O)N(CC(=O)O)C(=O)C45)C32)cc1. The first-order valence-electron chi connectivity index (χ1n) is 13.1. The summed E-state index contributed by atoms with van der Waals surface area (Å²) >= 11 is 2.81. The van der Waals surface area contributed by atoms with Crippen LogP contribution in [-0.4, -0.2) is 44.6 Å². The van der Waals surface area contributed by atoms with Crippen molar-refractivity contribution in [3.63, 3.8) is 0 Å². The second kappa shape index (κ2) is 9.09. The number of hydrogen-bond donors (Lipinski definition) is 2. The number of rotatable bonds is 6. The van der Waals surface area contributed by atoms with Gasteiger partial charge in [-0.2, -0.15) is 0 Å². The second-order valence-electron chi connectivity index (χ2n) is 10.9. The Bertz CT molecular complexity index is 1560. The Morgan fingerprint density at radius 2 is 1.77 bits per heavy atom. The number of para-hydroxylation sites is 1. The summed E-state index contributed by atoms with van der Waals surface area (Å²) in [5.74, 6) is -2.45. The van der Waals surface area contributed by atoms with Crippen molar-refractivity contribution in [2.75, 3.05) is 6.54 Å². The zero-order chi connectivity index (χ0) is 27.0. The number of nitrogens with one attached hydrogen (secondary N) is 1. The van der Waals surface area contributed by atoms with Gasteiger partial charge in [-0.05, 0) is 42.7 Å². The molecule has 0 spiro atoms. The third kappa shape index (κ3) is 3.79. The minimum Gasteiger partial charge on any atom is -0.489 e. The zero-order valence-electron chi connectivity index (χ0n) is 21.0. The molecule has 1 saturated heterocycles. The summed E-state index contributed by atoms with van der Waals surface area (Å²) in [6, 6.07) is 16.1. The Morgan fingerprint density at radius 3 is 2.51 bits per heavy atom. The average molecular weight is 563 g/mol. The number of nitrogens with zero attached hydrogens (tertiary/aromatic N) is 1. The quantitative estimate of drug-likeness (QED) is 0.438. The number of aryl methyl sites for hydroxylation is 1. The van der Waals surface area contributed by atoms with E-state index in [1.165, 1.54) is 16.9 Å². The number of benzene rings is 2. The molecule has 3 heterocycles. The van der Waals surface area contributed by atoms with E-state index in [1.807, 2.05) is 43.3 Å². The van der Waals surface area contributed by atoms with Crippen molar-refractivity contribution in [1.29, 1.82) is 0 Å². The van der Waals surface area contributed by atoms with Crippen LogP contribution in [0.2, 0.25) is 0 Å². The maximum atomic E-state index is 13.4. The van der Waals surface area contributed by atoms with Crippen molar-refractivity contribution in [2.45, 2.75) is 36.1 Å². The van der Waals surface area contributed by atoms with Gasteiger partial charge in [-0.3, -0.25) is 24.1 Å². The molecule has 2 aromatic carbocycles. The number of thiazole rings is 1. The lowest BCUT2D eigenvalue weighted by Crippen LogP contribution is -2.42. The average Bonchev–Trinajstić information content (AvgIpc) is 3.64. The zero-order valence-corrected chi connectivity index (χ0v) is 22.7. The van der Waals surface area contributed by atoms with Crippen LogP contribution in [-0.2, 0) is 21.0 Å². The molecular formula is C29H26N2O6S2. The summed E-state index contributed by atoms with van der Waals surface area (Å²) in [6.45, 7) is 1.85. The van der Waals surface area contributed by atoms with E-state index in [1.54, 1.807) is 11.8 Å². The third-order valence-corrected chi connectivity index (χ3v) is 11.5. The van der Waals surface area contributed by atoms with Gasteiger partial charge in [0.1, 0.15) is 18.9 Å². The lowest BCUT2D eigenvalue weighted by atomic mass is 9.68. The highest BCUT2D eigenvalue weighted by Crippen LogP contribution is 2.69. The van der Waals surface area contributed by atoms with E-state index in [4.69, 9.17) is 4.74 Å². The van der Waals surface area contributed by atoms with Crippen molar-refractivity contribution >= 4 is 40.9 Å². The van der Waals surface area contributed by atoms with Gasteiger partial charge in [0.15, 0.2) is 0 Å². The van der Waals surface area contributed by atoms with E-state index in [0.717, 1.165) is 38.1 Å². The van der Waals surface area contributed by atoms with Crippen molar-refractivity contribution < 1.29 is 24.2 Å². The molecule has 2 aliphatic carbocycles. The van der Waals surface area contributed by atoms with E-state index in [-0.39, 0.29) is 45.6 Å². The molecule has 2 N–H and O–H groups in total. The van der Waals surface area contributed by atoms with Gasteiger partial charge in [-0.25, -0.2) is 0 Å². The lowest BCUT2D eigenvalue weighted by molar-refractivity contribution is -0.149. The van der Waals surface area contributed by atoms with E-state index in [9.17, 15) is 24.3 Å². The number of thioether (sulfide) groups is 1. The molecule has 7 atom stereocenters. The van der Waals surface area contributed by atoms with Gasteiger partial charge in [-0.15, -0.1) is 11.8 Å². The number of aromatic nitrogens is 1. The Hall–Kier alpha value is -3.37. The largest absolute Gasteiger partial charge is 0.489 e. The molecular weight excluding hydrogens is 536 g/mol. The highest BCUT2D eigenvalue weighted by atomic mass is 32.2. The van der Waals surface area contributed by atoms with Crippen LogP contribution in [0, 0.1) is 36.5 Å². The van der Waals surface area contributed by atoms with Gasteiger partial charge >= 0.3 is 10.8 Å². The highest BCUT2D eigenvalue weighted by molar-refractivity contribution is 8.00. The maximum absolute atomic E-state index is 13.4. The molecule has 2 aliphatic heterocycles. The number of amides is 2. The van der Waals surface area contributed by atoms with Crippen LogP contribution in [0.25, 0.3) is 0 Å². The molecule has 1 aromatic heterocycles. The fourth-order valence-corrected chi connectivity index (χ4v) is 10.3. The molecule has 200 valence electrons. The molecule has 6 unspecified atom stereocenters. The fraction of sp³-hybridized carbons (Fsp3) is 0.379. The van der Waals surface area contributed by atoms with Crippen molar-refractivity contribution in [1.82, 2.24) is 9.88 Å². The van der Waals surface area contributed by atoms with Gasteiger partial charge in [0, 0.05) is 21.6 Å². The summed E-state index contributed by atoms with van der Waals surface area (Å²) in [5, 5.41) is 10.2. The Balaban J connectivity index is 1.28. The fourth-order valence-electron chi connectivity index (χ4n) is 7.43. The van der Waals surface area contributed by atoms with E-state index in [2.05, 4.69) is 17.1 Å². The van der Waals surface area contributed by atoms with Gasteiger partial charge in [-0.1, -0.05) is 59.4 Å². The lowest BCUT2D eigenvalue weighted by Gasteiger charge is -2.43. The minimum absolute atomic E-state index is 0.0193. The number of imide groups is 1. The number of likely N-dealkylation sites (tertiary alicyclic amines) is 1. The first-order valence-corrected chi connectivity index (χ1v) is 14.8. The first-order chi connectivity index (χ1) is 18.8. The first kappa shape index (κ1) is 24.7. The summed E-state index contributed by atoms with van der Waals surface area (Å²) in [4.78, 5) is 55.4. The van der Waals surface area contributed by atoms with Gasteiger partial charge < -0.3 is 14.8 Å². The Kier molecular flexibility index (Phi) is 5.75. The van der Waals surface area contributed by atoms with Crippen molar-refractivity contribution in [2.24, 2.45) is 29.6 Å². The van der Waals surface area contributed by atoms with E-state index >= 15 is 0 Å². The number of aromatic amines is 1. The molecule has 4 aliphatic rings. The molecule has 2 saturated carbocycles. The molecule has 39 heavy (non-hydrogen) atoms. The summed E-state index contributed by atoms with van der Waals surface area (Å²) in [6.07, 6.45) is 0.748. The van der Waals surface area contributed by atoms with Crippen LogP contribution in [0.4, 0.5) is 0 Å². The molecule has 2 bridgehead atoms. The van der Waals surface area contributed by atoms with Crippen LogP contribution in [0.1, 0.15) is 33.9 Å². The summed E-state index contributed by atoms with van der Waals surface area (Å²) in [5.41, 5.74) is 3.20. The summed E-state index contributed by atoms with van der Waals surface area (Å²) < 4.78 is 6.37. The number of ether oxygens (including phenoxy) is 1. The predicted octanol–water partition coefficient (Wildman–Crippen LogP) is 3.88. The van der Waals surface area contributed by atoms with Gasteiger partial charge in [0.25, 0.3) is 0 Å². The van der Waals surface area contributed by atoms with Crippen LogP contribution in [0.15, 0.2) is 58.4 Å². The van der Waals surface area contributed by atoms with Crippen molar-refractivity contribution in [3.8, 4) is 5.75 Å². The smallest absolute Gasteiger partial charge is 0.323 e. The molecule has 7 rings (SSSR count). The van der Waals surface area contributed by atoms with Gasteiger partial charge in [0.05, 0.1) is 16.9 Å². The third-order valence-electron chi connectivity index (χ3n) is 8.88. The van der Waals surface area contributed by atoms with Crippen molar-refractivity contribution in [3.05, 3.63) is 79.8 Å². The number of carbonyl (C=O) groups excluding carboxylic acids is 2. The molecule has 10 heteroatoms. The standard InChI is InChI=1S/C29H26N2O6S2/c1-13-6-8-14(9-7-13)12-37-18-5-3-2-4-15(18)20-21-16-10-17(24(21)38-26-25(20)39-29(36)30-26)23-22(16)27(34)31(28(23)35)11-19(32)33/h2-9,16-17,20-24H,10-12H2,1H3,(H,30,36)(H,32,33)/t16?,17?,20-,21?,22?,23?,24?/m1/s1. The Morgan fingerprint density at radius 1 is 1.05 bits per heavy atom. The molecule has 0 radical (unpaired) electrons. The van der Waals surface area contributed by atoms with Crippen LogP contribution in [0.3, 0.4) is 0 Å². The highest BCUT2D eigenvalue weighted by Gasteiger charge is 2.69. The number of carboxylic acid groups (broad SMARTS) is 1. The normalized spacial score (nSPS) is 30.3. The second-order valence-corrected chi connectivity index (χ2v) is 13.1. The molecule has 3 aromatic rings. The molecule has 2 amide bonds. The molecule has 3 fully saturated rings. The number of fused-ring (bicyclic) bond motifs is 9. The minimum atomic E-state index is -1.19. The number of hydrogen-bond acceptors (Lipinski definition) is 7. The number of carbonyl (C=O) groups is 3. The molecule has 8 nitrogen and oxygen atoms in total. The van der Waals surface area contributed by atoms with Crippen LogP contribution < -0.4 is 9.61 Å². The van der Waals surface area contributed by atoms with Crippen LogP contribution >= 0.6 is 23.1 Å². The topological polar surface area (TPSA) is 117 Å². The van der Waals surface area contributed by atoms with E-state index in [0.29, 0.717) is 6.61 Å². The number of H-pyrrole nitrogens is 1. The monoisotopic (exact) mass is 562 g/mol. The predicted molar refractivity (Wildman–Crippen MR) is 145 cm³/mol. The number of aliphatic carboxylic acids is 1. The summed E-state index contributed by atoms with van der Waals surface area (Å²) in [7, 11) is 0. The van der Waals surface area contributed by atoms with Gasteiger partial charge in [0.2, 0.25) is 11.8 Å². The van der Waals surface area contributed by atoms with Crippen LogP contribution in [0.5, 0.6) is 5.75 Å². The number of carboxylic acids is 1. The van der Waals surface area contributed by atoms with E-state index < -0.39 is 24.3 Å². The maximum Gasteiger partial charge on any atom is 0.323 e.